The Kier molecular flexibility index (Phi) is 3.36. The van der Waals surface area contributed by atoms with Crippen molar-refractivity contribution >= 4 is 6.29 Å². The number of β-amino-alcohol motifs (C(OH)–C–C–N with tert-alkyl or cyclic N) is 1. The fourth-order valence-electron chi connectivity index (χ4n) is 3.30. The van der Waals surface area contributed by atoms with Crippen molar-refractivity contribution in [2.75, 3.05) is 19.6 Å². The van der Waals surface area contributed by atoms with Crippen molar-refractivity contribution in [1.29, 1.82) is 0 Å². The number of piperidine rings is 1. The van der Waals surface area contributed by atoms with E-state index in [0.29, 0.717) is 0 Å². The molecule has 2 aliphatic rings. The maximum atomic E-state index is 11.3. The standard InChI is InChI=1S/C13H23NO2/c1-12(16)5-4-8-14(9-12)10-13(11-15)6-2-3-7-13/h11,16H,2-10H2,1H3. The minimum atomic E-state index is -0.555. The van der Waals surface area contributed by atoms with Crippen LogP contribution in [0.4, 0.5) is 0 Å². The smallest absolute Gasteiger partial charge is 0.127 e. The number of likely N-dealkylation sites (tertiary alicyclic amines) is 1. The summed E-state index contributed by atoms with van der Waals surface area (Å²) in [4.78, 5) is 13.6. The largest absolute Gasteiger partial charge is 0.389 e. The molecule has 1 atom stereocenters. The van der Waals surface area contributed by atoms with Gasteiger partial charge in [-0.05, 0) is 39.2 Å². The van der Waals surface area contributed by atoms with Crippen LogP contribution in [0, 0.1) is 5.41 Å². The maximum absolute atomic E-state index is 11.3. The molecule has 16 heavy (non-hydrogen) atoms. The van der Waals surface area contributed by atoms with Gasteiger partial charge in [-0.2, -0.15) is 0 Å². The highest BCUT2D eigenvalue weighted by atomic mass is 16.3. The van der Waals surface area contributed by atoms with Crippen LogP contribution in [0.2, 0.25) is 0 Å². The molecule has 0 radical (unpaired) electrons. The summed E-state index contributed by atoms with van der Waals surface area (Å²) >= 11 is 0. The Morgan fingerprint density at radius 2 is 1.94 bits per heavy atom. The van der Waals surface area contributed by atoms with Gasteiger partial charge in [-0.1, -0.05) is 12.8 Å². The number of rotatable bonds is 3. The molecule has 1 aliphatic heterocycles. The highest BCUT2D eigenvalue weighted by Gasteiger charge is 2.38. The van der Waals surface area contributed by atoms with Gasteiger partial charge in [-0.15, -0.1) is 0 Å². The Bertz CT molecular complexity index is 257. The molecule has 2 rings (SSSR count). The monoisotopic (exact) mass is 225 g/mol. The quantitative estimate of drug-likeness (QED) is 0.742. The molecule has 0 aromatic heterocycles. The van der Waals surface area contributed by atoms with E-state index in [0.717, 1.165) is 45.3 Å². The van der Waals surface area contributed by atoms with Crippen LogP contribution in [0.3, 0.4) is 0 Å². The van der Waals surface area contributed by atoms with Gasteiger partial charge >= 0.3 is 0 Å². The third-order valence-corrected chi connectivity index (χ3v) is 4.14. The molecule has 1 unspecified atom stereocenters. The molecule has 0 spiro atoms. The van der Waals surface area contributed by atoms with Crippen LogP contribution < -0.4 is 0 Å². The van der Waals surface area contributed by atoms with E-state index in [2.05, 4.69) is 4.90 Å². The first-order valence-electron chi connectivity index (χ1n) is 6.46. The summed E-state index contributed by atoms with van der Waals surface area (Å²) in [5.41, 5.74) is -0.658. The van der Waals surface area contributed by atoms with Crippen LogP contribution in [0.5, 0.6) is 0 Å². The van der Waals surface area contributed by atoms with Gasteiger partial charge in [0.2, 0.25) is 0 Å². The second kappa shape index (κ2) is 4.46. The molecular weight excluding hydrogens is 202 g/mol. The maximum Gasteiger partial charge on any atom is 0.127 e. The third kappa shape index (κ3) is 2.64. The molecule has 0 amide bonds. The molecule has 0 aromatic rings. The summed E-state index contributed by atoms with van der Waals surface area (Å²) in [6.07, 6.45) is 7.54. The first kappa shape index (κ1) is 12.1. The number of carbonyl (C=O) groups excluding carboxylic acids is 1. The lowest BCUT2D eigenvalue weighted by Gasteiger charge is -2.40. The fraction of sp³-hybridized carbons (Fsp3) is 0.923. The summed E-state index contributed by atoms with van der Waals surface area (Å²) < 4.78 is 0. The molecule has 3 heteroatoms. The Hall–Kier alpha value is -0.410. The summed E-state index contributed by atoms with van der Waals surface area (Å²) in [6, 6.07) is 0. The zero-order valence-corrected chi connectivity index (χ0v) is 10.2. The van der Waals surface area contributed by atoms with Crippen LogP contribution in [0.15, 0.2) is 0 Å². The summed E-state index contributed by atoms with van der Waals surface area (Å²) in [6.45, 7) is 4.52. The van der Waals surface area contributed by atoms with E-state index in [-0.39, 0.29) is 5.41 Å². The van der Waals surface area contributed by atoms with Gasteiger partial charge in [0.25, 0.3) is 0 Å². The second-order valence-electron chi connectivity index (χ2n) is 6.00. The highest BCUT2D eigenvalue weighted by Crippen LogP contribution is 2.37. The number of hydrogen-bond donors (Lipinski definition) is 1. The molecule has 1 aliphatic carbocycles. The van der Waals surface area contributed by atoms with E-state index in [1.54, 1.807) is 0 Å². The van der Waals surface area contributed by atoms with Crippen LogP contribution >= 0.6 is 0 Å². The van der Waals surface area contributed by atoms with Crippen molar-refractivity contribution < 1.29 is 9.90 Å². The van der Waals surface area contributed by atoms with E-state index < -0.39 is 5.60 Å². The Morgan fingerprint density at radius 3 is 2.50 bits per heavy atom. The minimum absolute atomic E-state index is 0.104. The molecule has 1 saturated carbocycles. The SMILES string of the molecule is CC1(O)CCCN(CC2(C=O)CCCC2)C1. The number of carbonyl (C=O) groups is 1. The topological polar surface area (TPSA) is 40.5 Å². The second-order valence-corrected chi connectivity index (χ2v) is 6.00. The van der Waals surface area contributed by atoms with Crippen LogP contribution in [0.1, 0.15) is 45.4 Å². The van der Waals surface area contributed by atoms with Gasteiger partial charge < -0.3 is 9.90 Å². The average Bonchev–Trinajstić information content (AvgIpc) is 2.65. The van der Waals surface area contributed by atoms with Gasteiger partial charge in [0.1, 0.15) is 6.29 Å². The van der Waals surface area contributed by atoms with Crippen LogP contribution in [0.25, 0.3) is 0 Å². The van der Waals surface area contributed by atoms with Gasteiger partial charge in [-0.25, -0.2) is 0 Å². The van der Waals surface area contributed by atoms with Crippen LogP contribution in [-0.4, -0.2) is 41.5 Å². The zero-order chi connectivity index (χ0) is 11.6. The van der Waals surface area contributed by atoms with Gasteiger partial charge in [0.05, 0.1) is 5.60 Å². The summed E-state index contributed by atoms with van der Waals surface area (Å²) in [7, 11) is 0. The lowest BCUT2D eigenvalue weighted by Crippen LogP contribution is -2.49. The van der Waals surface area contributed by atoms with E-state index in [1.807, 2.05) is 6.92 Å². The minimum Gasteiger partial charge on any atom is -0.389 e. The zero-order valence-electron chi connectivity index (χ0n) is 10.2. The van der Waals surface area contributed by atoms with Crippen molar-refractivity contribution in [3.8, 4) is 0 Å². The first-order chi connectivity index (χ1) is 7.55. The van der Waals surface area contributed by atoms with Crippen LogP contribution in [-0.2, 0) is 4.79 Å². The molecule has 0 bridgehead atoms. The van der Waals surface area contributed by atoms with Crippen molar-refractivity contribution in [3.05, 3.63) is 0 Å². The molecule has 1 heterocycles. The Morgan fingerprint density at radius 1 is 1.25 bits per heavy atom. The van der Waals surface area contributed by atoms with Crippen molar-refractivity contribution in [3.63, 3.8) is 0 Å². The Balaban J connectivity index is 1.95. The summed E-state index contributed by atoms with van der Waals surface area (Å²) in [5.74, 6) is 0. The lowest BCUT2D eigenvalue weighted by atomic mass is 9.85. The third-order valence-electron chi connectivity index (χ3n) is 4.14. The van der Waals surface area contributed by atoms with Crippen molar-refractivity contribution in [2.24, 2.45) is 5.41 Å². The molecule has 92 valence electrons. The number of aliphatic hydroxyl groups is 1. The molecule has 0 aromatic carbocycles. The molecule has 3 nitrogen and oxygen atoms in total. The van der Waals surface area contributed by atoms with E-state index in [9.17, 15) is 9.90 Å². The predicted octanol–water partition coefficient (Wildman–Crippen LogP) is 1.59. The molecule has 1 N–H and O–H groups in total. The predicted molar refractivity (Wildman–Crippen MR) is 63.3 cm³/mol. The summed E-state index contributed by atoms with van der Waals surface area (Å²) in [5, 5.41) is 10.0. The van der Waals surface area contributed by atoms with Gasteiger partial charge in [0.15, 0.2) is 0 Å². The number of hydrogen-bond acceptors (Lipinski definition) is 3. The number of aldehydes is 1. The number of nitrogens with zero attached hydrogens (tertiary/aromatic N) is 1. The van der Waals surface area contributed by atoms with Crippen molar-refractivity contribution in [2.45, 2.75) is 51.0 Å². The van der Waals surface area contributed by atoms with Gasteiger partial charge in [0, 0.05) is 18.5 Å². The normalized spacial score (nSPS) is 35.1. The first-order valence-corrected chi connectivity index (χ1v) is 6.46. The highest BCUT2D eigenvalue weighted by molar-refractivity contribution is 5.60. The van der Waals surface area contributed by atoms with E-state index in [4.69, 9.17) is 0 Å². The average molecular weight is 225 g/mol. The van der Waals surface area contributed by atoms with E-state index in [1.165, 1.54) is 19.1 Å². The fourth-order valence-corrected chi connectivity index (χ4v) is 3.30. The van der Waals surface area contributed by atoms with E-state index >= 15 is 0 Å². The Labute approximate surface area is 97.8 Å². The molecule has 2 fully saturated rings. The molecule has 1 saturated heterocycles. The molecular formula is C13H23NO2. The lowest BCUT2D eigenvalue weighted by molar-refractivity contribution is -0.118. The van der Waals surface area contributed by atoms with Crippen molar-refractivity contribution in [1.82, 2.24) is 4.90 Å². The van der Waals surface area contributed by atoms with Gasteiger partial charge in [-0.3, -0.25) is 4.90 Å².